The van der Waals surface area contributed by atoms with Gasteiger partial charge in [-0.15, -0.1) is 11.3 Å². The van der Waals surface area contributed by atoms with Gasteiger partial charge in [0.05, 0.1) is 5.01 Å². The number of nitrogens with zero attached hydrogens (tertiary/aromatic N) is 3. The quantitative estimate of drug-likeness (QED) is 0.834. The van der Waals surface area contributed by atoms with Gasteiger partial charge < -0.3 is 4.57 Å². The molecule has 1 N–H and O–H groups in total. The molecule has 0 fully saturated rings. The summed E-state index contributed by atoms with van der Waals surface area (Å²) in [6.45, 7) is 3.00. The van der Waals surface area contributed by atoms with Crippen molar-refractivity contribution in [1.29, 1.82) is 0 Å². The Morgan fingerprint density at radius 1 is 1.50 bits per heavy atom. The molecule has 0 spiro atoms. The summed E-state index contributed by atoms with van der Waals surface area (Å²) in [6.07, 6.45) is 4.80. The van der Waals surface area contributed by atoms with E-state index in [0.29, 0.717) is 4.77 Å². The van der Waals surface area contributed by atoms with Gasteiger partial charge in [-0.05, 0) is 18.6 Å². The molecule has 0 aromatic carbocycles. The van der Waals surface area contributed by atoms with Crippen molar-refractivity contribution in [2.75, 3.05) is 0 Å². The van der Waals surface area contributed by atoms with Crippen LogP contribution >= 0.6 is 23.6 Å². The van der Waals surface area contributed by atoms with Gasteiger partial charge in [0.15, 0.2) is 4.77 Å². The first-order valence-electron chi connectivity index (χ1n) is 5.33. The molecule has 2 aromatic rings. The van der Waals surface area contributed by atoms with E-state index >= 15 is 0 Å². The molecule has 0 aliphatic heterocycles. The fourth-order valence-electron chi connectivity index (χ4n) is 1.58. The van der Waals surface area contributed by atoms with Crippen LogP contribution in [-0.2, 0) is 19.4 Å². The smallest absolute Gasteiger partial charge is 0.195 e. The standard InChI is InChI=1S/C10H14N4S2/c1-2-3-8-12-13-10(15)14(8)6-4-9-11-5-7-16-9/h5,7H,2-4,6H2,1H3,(H,13,15). The van der Waals surface area contributed by atoms with Crippen LogP contribution < -0.4 is 0 Å². The molecule has 2 heterocycles. The average molecular weight is 254 g/mol. The van der Waals surface area contributed by atoms with Gasteiger partial charge in [0, 0.05) is 31.0 Å². The molecular weight excluding hydrogens is 240 g/mol. The zero-order valence-electron chi connectivity index (χ0n) is 9.14. The maximum absolute atomic E-state index is 5.21. The van der Waals surface area contributed by atoms with E-state index < -0.39 is 0 Å². The lowest BCUT2D eigenvalue weighted by Crippen LogP contribution is -2.06. The summed E-state index contributed by atoms with van der Waals surface area (Å²) in [6, 6.07) is 0. The second-order valence-electron chi connectivity index (χ2n) is 3.52. The Morgan fingerprint density at radius 2 is 2.38 bits per heavy atom. The lowest BCUT2D eigenvalue weighted by atomic mass is 10.3. The molecule has 6 heteroatoms. The van der Waals surface area contributed by atoms with Gasteiger partial charge in [0.25, 0.3) is 0 Å². The summed E-state index contributed by atoms with van der Waals surface area (Å²) in [5.41, 5.74) is 0. The van der Waals surface area contributed by atoms with Crippen molar-refractivity contribution in [1.82, 2.24) is 19.7 Å². The molecule has 0 aliphatic rings. The summed E-state index contributed by atoms with van der Waals surface area (Å²) in [7, 11) is 0. The van der Waals surface area contributed by atoms with Crippen LogP contribution in [0.25, 0.3) is 0 Å². The molecule has 0 saturated heterocycles. The van der Waals surface area contributed by atoms with Crippen molar-refractivity contribution < 1.29 is 0 Å². The number of hydrogen-bond acceptors (Lipinski definition) is 4. The fourth-order valence-corrected chi connectivity index (χ4v) is 2.43. The number of thiazole rings is 1. The largest absolute Gasteiger partial charge is 0.304 e. The highest BCUT2D eigenvalue weighted by Crippen LogP contribution is 2.08. The number of aromatic nitrogens is 4. The Balaban J connectivity index is 2.08. The topological polar surface area (TPSA) is 46.5 Å². The maximum Gasteiger partial charge on any atom is 0.195 e. The molecule has 0 radical (unpaired) electrons. The first-order valence-corrected chi connectivity index (χ1v) is 6.62. The van der Waals surface area contributed by atoms with Crippen LogP contribution in [0.1, 0.15) is 24.2 Å². The van der Waals surface area contributed by atoms with Crippen LogP contribution in [0.4, 0.5) is 0 Å². The maximum atomic E-state index is 5.21. The van der Waals surface area contributed by atoms with Crippen molar-refractivity contribution in [2.45, 2.75) is 32.7 Å². The van der Waals surface area contributed by atoms with Crippen molar-refractivity contribution in [3.05, 3.63) is 27.2 Å². The highest BCUT2D eigenvalue weighted by atomic mass is 32.1. The summed E-state index contributed by atoms with van der Waals surface area (Å²) >= 11 is 6.89. The Bertz CT molecular complexity index is 483. The molecule has 0 unspecified atom stereocenters. The SMILES string of the molecule is CCCc1n[nH]c(=S)n1CCc1nccs1. The van der Waals surface area contributed by atoms with Crippen LogP contribution in [0, 0.1) is 4.77 Å². The van der Waals surface area contributed by atoms with E-state index in [0.717, 1.165) is 36.6 Å². The van der Waals surface area contributed by atoms with Crippen molar-refractivity contribution in [2.24, 2.45) is 0 Å². The van der Waals surface area contributed by atoms with Gasteiger partial charge in [-0.3, -0.25) is 5.10 Å². The van der Waals surface area contributed by atoms with E-state index in [2.05, 4.69) is 26.7 Å². The number of aromatic amines is 1. The normalized spacial score (nSPS) is 10.8. The van der Waals surface area contributed by atoms with E-state index in [9.17, 15) is 0 Å². The molecule has 0 aliphatic carbocycles. The van der Waals surface area contributed by atoms with Crippen LogP contribution in [0.3, 0.4) is 0 Å². The second kappa shape index (κ2) is 5.36. The number of H-pyrrole nitrogens is 1. The van der Waals surface area contributed by atoms with Crippen molar-refractivity contribution in [3.8, 4) is 0 Å². The molecular formula is C10H14N4S2. The first-order chi connectivity index (χ1) is 7.81. The van der Waals surface area contributed by atoms with Gasteiger partial charge in [-0.1, -0.05) is 6.92 Å². The predicted octanol–water partition coefficient (Wildman–Crippen LogP) is 2.59. The van der Waals surface area contributed by atoms with Gasteiger partial charge >= 0.3 is 0 Å². The summed E-state index contributed by atoms with van der Waals surface area (Å²) in [5.74, 6) is 1.05. The Morgan fingerprint density at radius 3 is 3.06 bits per heavy atom. The van der Waals surface area contributed by atoms with Crippen LogP contribution in [0.5, 0.6) is 0 Å². The molecule has 0 bridgehead atoms. The monoisotopic (exact) mass is 254 g/mol. The minimum absolute atomic E-state index is 0.708. The average Bonchev–Trinajstić information content (AvgIpc) is 2.88. The molecule has 0 amide bonds. The molecule has 0 saturated carbocycles. The molecule has 0 atom stereocenters. The number of aryl methyl sites for hydroxylation is 2. The lowest BCUT2D eigenvalue weighted by molar-refractivity contribution is 0.635. The lowest BCUT2D eigenvalue weighted by Gasteiger charge is -2.03. The molecule has 86 valence electrons. The molecule has 2 aromatic heterocycles. The van der Waals surface area contributed by atoms with Crippen LogP contribution in [-0.4, -0.2) is 19.7 Å². The third kappa shape index (κ3) is 2.56. The summed E-state index contributed by atoms with van der Waals surface area (Å²) < 4.78 is 2.78. The Hall–Kier alpha value is -1.01. The molecule has 16 heavy (non-hydrogen) atoms. The van der Waals surface area contributed by atoms with Crippen molar-refractivity contribution in [3.63, 3.8) is 0 Å². The van der Waals surface area contributed by atoms with Crippen LogP contribution in [0.2, 0.25) is 0 Å². The minimum Gasteiger partial charge on any atom is -0.304 e. The van der Waals surface area contributed by atoms with Crippen LogP contribution in [0.15, 0.2) is 11.6 Å². The zero-order chi connectivity index (χ0) is 11.4. The highest BCUT2D eigenvalue weighted by Gasteiger charge is 2.05. The van der Waals surface area contributed by atoms with Gasteiger partial charge in [-0.2, -0.15) is 5.10 Å². The number of rotatable bonds is 5. The summed E-state index contributed by atoms with van der Waals surface area (Å²) in [4.78, 5) is 4.26. The number of hydrogen-bond donors (Lipinski definition) is 1. The fraction of sp³-hybridized carbons (Fsp3) is 0.500. The van der Waals surface area contributed by atoms with E-state index in [1.54, 1.807) is 11.3 Å². The third-order valence-electron chi connectivity index (χ3n) is 2.34. The highest BCUT2D eigenvalue weighted by molar-refractivity contribution is 7.71. The van der Waals surface area contributed by atoms with E-state index in [1.807, 2.05) is 11.6 Å². The van der Waals surface area contributed by atoms with E-state index in [4.69, 9.17) is 12.2 Å². The number of nitrogens with one attached hydrogen (secondary N) is 1. The first kappa shape index (κ1) is 11.5. The second-order valence-corrected chi connectivity index (χ2v) is 4.89. The molecule has 4 nitrogen and oxygen atoms in total. The van der Waals surface area contributed by atoms with Gasteiger partial charge in [0.1, 0.15) is 5.82 Å². The van der Waals surface area contributed by atoms with Gasteiger partial charge in [-0.25, -0.2) is 4.98 Å². The Labute approximate surface area is 103 Å². The third-order valence-corrected chi connectivity index (χ3v) is 3.49. The van der Waals surface area contributed by atoms with E-state index in [-0.39, 0.29) is 0 Å². The summed E-state index contributed by atoms with van der Waals surface area (Å²) in [5, 5.41) is 10.2. The zero-order valence-corrected chi connectivity index (χ0v) is 10.8. The predicted molar refractivity (Wildman–Crippen MR) is 67.2 cm³/mol. The minimum atomic E-state index is 0.708. The van der Waals surface area contributed by atoms with E-state index in [1.165, 1.54) is 0 Å². The Kier molecular flexibility index (Phi) is 3.84. The van der Waals surface area contributed by atoms with Crippen molar-refractivity contribution >= 4 is 23.6 Å². The van der Waals surface area contributed by atoms with Gasteiger partial charge in [0.2, 0.25) is 0 Å². The molecule has 2 rings (SSSR count).